The lowest BCUT2D eigenvalue weighted by atomic mass is 10.1. The molecule has 1 atom stereocenters. The molecule has 6 heteroatoms. The first-order chi connectivity index (χ1) is 12.7. The van der Waals surface area contributed by atoms with Gasteiger partial charge in [-0.05, 0) is 30.2 Å². The molecule has 0 amide bonds. The highest BCUT2D eigenvalue weighted by Gasteiger charge is 2.24. The molecule has 0 bridgehead atoms. The lowest BCUT2D eigenvalue weighted by Gasteiger charge is -2.23. The molecule has 2 aromatic carbocycles. The molecule has 1 unspecified atom stereocenters. The van der Waals surface area contributed by atoms with Crippen molar-refractivity contribution in [3.8, 4) is 11.1 Å². The van der Waals surface area contributed by atoms with E-state index in [0.29, 0.717) is 6.04 Å². The molecule has 0 spiro atoms. The molecule has 3 N–H and O–H groups in total. The molecule has 26 heavy (non-hydrogen) atoms. The van der Waals surface area contributed by atoms with Crippen LogP contribution in [-0.2, 0) is 9.59 Å². The minimum atomic E-state index is -0.250. The molecular weight excluding hydrogens is 332 g/mol. The SMILES string of the molecule is C=O.CC1CC(=N)CN1c1ccc(-c2ccccc2)cc1.CO.O=CO. The minimum absolute atomic E-state index is 0.250. The van der Waals surface area contributed by atoms with Gasteiger partial charge in [-0.15, -0.1) is 0 Å². The molecular formula is C20H26N2O4. The summed E-state index contributed by atoms with van der Waals surface area (Å²) in [4.78, 5) is 18.7. The Morgan fingerprint density at radius 1 is 1.04 bits per heavy atom. The monoisotopic (exact) mass is 358 g/mol. The van der Waals surface area contributed by atoms with Crippen LogP contribution in [0.25, 0.3) is 11.1 Å². The maximum absolute atomic E-state index is 8.36. The van der Waals surface area contributed by atoms with Gasteiger partial charge in [0.2, 0.25) is 0 Å². The van der Waals surface area contributed by atoms with Crippen LogP contribution in [0, 0.1) is 5.41 Å². The lowest BCUT2D eigenvalue weighted by molar-refractivity contribution is -0.122. The van der Waals surface area contributed by atoms with Crippen molar-refractivity contribution in [1.82, 2.24) is 0 Å². The number of hydrogen-bond donors (Lipinski definition) is 3. The van der Waals surface area contributed by atoms with Gasteiger partial charge in [0, 0.05) is 31.0 Å². The summed E-state index contributed by atoms with van der Waals surface area (Å²) in [5.74, 6) is 0. The van der Waals surface area contributed by atoms with Gasteiger partial charge in [-0.1, -0.05) is 42.5 Å². The van der Waals surface area contributed by atoms with Crippen molar-refractivity contribution < 1.29 is 19.8 Å². The molecule has 0 saturated carbocycles. The molecule has 1 aliphatic heterocycles. The first kappa shape index (κ1) is 23.0. The maximum Gasteiger partial charge on any atom is 0.290 e. The summed E-state index contributed by atoms with van der Waals surface area (Å²) < 4.78 is 0. The van der Waals surface area contributed by atoms with Crippen LogP contribution in [0.2, 0.25) is 0 Å². The summed E-state index contributed by atoms with van der Waals surface area (Å²) in [6.07, 6.45) is 0.889. The van der Waals surface area contributed by atoms with Crippen LogP contribution < -0.4 is 4.90 Å². The van der Waals surface area contributed by atoms with Gasteiger partial charge in [-0.3, -0.25) is 4.79 Å². The Hall–Kier alpha value is -2.99. The number of aliphatic hydroxyl groups excluding tert-OH is 1. The molecule has 1 fully saturated rings. The normalized spacial score (nSPS) is 14.7. The smallest absolute Gasteiger partial charge is 0.290 e. The number of rotatable bonds is 2. The number of benzene rings is 2. The third-order valence-electron chi connectivity index (χ3n) is 3.74. The average Bonchev–Trinajstić information content (AvgIpc) is 3.04. The second-order valence-corrected chi connectivity index (χ2v) is 5.30. The molecule has 3 rings (SSSR count). The summed E-state index contributed by atoms with van der Waals surface area (Å²) in [6.45, 7) is 4.71. The molecule has 140 valence electrons. The second kappa shape index (κ2) is 13.3. The van der Waals surface area contributed by atoms with Crippen molar-refractivity contribution in [2.45, 2.75) is 19.4 Å². The molecule has 1 aliphatic rings. The topological polar surface area (TPSA) is 102 Å². The van der Waals surface area contributed by atoms with Crippen LogP contribution in [-0.4, -0.2) is 48.9 Å². The number of carboxylic acid groups (broad SMARTS) is 1. The van der Waals surface area contributed by atoms with Crippen LogP contribution in [0.4, 0.5) is 5.69 Å². The van der Waals surface area contributed by atoms with E-state index in [1.54, 1.807) is 0 Å². The number of carbonyl (C=O) groups excluding carboxylic acids is 1. The zero-order valence-corrected chi connectivity index (χ0v) is 15.1. The Morgan fingerprint density at radius 3 is 1.92 bits per heavy atom. The van der Waals surface area contributed by atoms with Gasteiger partial charge in [-0.25, -0.2) is 0 Å². The fourth-order valence-electron chi connectivity index (χ4n) is 2.71. The quantitative estimate of drug-likeness (QED) is 0.716. The molecule has 0 radical (unpaired) electrons. The first-order valence-corrected chi connectivity index (χ1v) is 7.95. The van der Waals surface area contributed by atoms with E-state index in [4.69, 9.17) is 25.2 Å². The van der Waals surface area contributed by atoms with Crippen molar-refractivity contribution in [3.05, 3.63) is 54.6 Å². The predicted octanol–water partition coefficient (Wildman–Crippen LogP) is 3.10. The second-order valence-electron chi connectivity index (χ2n) is 5.30. The third kappa shape index (κ3) is 6.86. The van der Waals surface area contributed by atoms with E-state index >= 15 is 0 Å². The van der Waals surface area contributed by atoms with Crippen LogP contribution in [0.5, 0.6) is 0 Å². The zero-order valence-electron chi connectivity index (χ0n) is 15.1. The fraction of sp³-hybridized carbons (Fsp3) is 0.250. The van der Waals surface area contributed by atoms with E-state index in [1.165, 1.54) is 16.8 Å². The standard InChI is InChI=1S/C17H18N2.CH2O2.CH4O.CH2O/c1-13-11-16(18)12-19(13)17-9-7-15(8-10-17)14-5-3-2-4-6-14;2-1-3;2*1-2/h2-10,13,18H,11-12H2,1H3;1H,(H,2,3);2H,1H3;1H2. The maximum atomic E-state index is 8.36. The number of anilines is 1. The number of nitrogens with zero attached hydrogens (tertiary/aromatic N) is 1. The van der Waals surface area contributed by atoms with Gasteiger partial charge in [-0.2, -0.15) is 0 Å². The highest BCUT2D eigenvalue weighted by atomic mass is 16.3. The van der Waals surface area contributed by atoms with Gasteiger partial charge >= 0.3 is 0 Å². The minimum Gasteiger partial charge on any atom is -0.483 e. The molecule has 1 saturated heterocycles. The van der Waals surface area contributed by atoms with Crippen molar-refractivity contribution in [3.63, 3.8) is 0 Å². The summed E-state index contributed by atoms with van der Waals surface area (Å²) >= 11 is 0. The molecule has 0 aromatic heterocycles. The molecule has 0 aliphatic carbocycles. The first-order valence-electron chi connectivity index (χ1n) is 7.95. The third-order valence-corrected chi connectivity index (χ3v) is 3.74. The number of aliphatic hydroxyl groups is 1. The number of carbonyl (C=O) groups is 2. The molecule has 1 heterocycles. The number of nitrogens with one attached hydrogen (secondary N) is 1. The van der Waals surface area contributed by atoms with E-state index in [-0.39, 0.29) is 6.47 Å². The van der Waals surface area contributed by atoms with Crippen molar-refractivity contribution in [1.29, 1.82) is 5.41 Å². The molecule has 2 aromatic rings. The van der Waals surface area contributed by atoms with E-state index < -0.39 is 0 Å². The van der Waals surface area contributed by atoms with Crippen molar-refractivity contribution in [2.75, 3.05) is 18.6 Å². The van der Waals surface area contributed by atoms with E-state index in [1.807, 2.05) is 12.9 Å². The van der Waals surface area contributed by atoms with Crippen molar-refractivity contribution in [2.24, 2.45) is 0 Å². The molecule has 6 nitrogen and oxygen atoms in total. The van der Waals surface area contributed by atoms with Crippen LogP contribution >= 0.6 is 0 Å². The largest absolute Gasteiger partial charge is 0.483 e. The van der Waals surface area contributed by atoms with Gasteiger partial charge in [0.15, 0.2) is 0 Å². The Morgan fingerprint density at radius 2 is 1.50 bits per heavy atom. The lowest BCUT2D eigenvalue weighted by Crippen LogP contribution is -2.26. The van der Waals surface area contributed by atoms with E-state index in [0.717, 1.165) is 25.8 Å². The van der Waals surface area contributed by atoms with Crippen molar-refractivity contribution >= 4 is 24.7 Å². The summed E-state index contributed by atoms with van der Waals surface area (Å²) in [5.41, 5.74) is 4.54. The summed E-state index contributed by atoms with van der Waals surface area (Å²) in [5, 5.41) is 21.7. The fourth-order valence-corrected chi connectivity index (χ4v) is 2.71. The number of hydrogen-bond acceptors (Lipinski definition) is 5. The Kier molecular flexibility index (Phi) is 11.8. The van der Waals surface area contributed by atoms with Gasteiger partial charge in [0.05, 0.1) is 6.54 Å². The predicted molar refractivity (Wildman–Crippen MR) is 105 cm³/mol. The van der Waals surface area contributed by atoms with Gasteiger partial charge in [0.25, 0.3) is 6.47 Å². The van der Waals surface area contributed by atoms with Gasteiger partial charge < -0.3 is 25.3 Å². The highest BCUT2D eigenvalue weighted by Crippen LogP contribution is 2.27. The van der Waals surface area contributed by atoms with Gasteiger partial charge in [0.1, 0.15) is 6.79 Å². The van der Waals surface area contributed by atoms with Crippen LogP contribution in [0.15, 0.2) is 54.6 Å². The van der Waals surface area contributed by atoms with E-state index in [9.17, 15) is 0 Å². The van der Waals surface area contributed by atoms with E-state index in [2.05, 4.69) is 60.4 Å². The Labute approximate surface area is 154 Å². The summed E-state index contributed by atoms with van der Waals surface area (Å²) in [6, 6.07) is 19.5. The van der Waals surface area contributed by atoms with Crippen LogP contribution in [0.3, 0.4) is 0 Å². The Balaban J connectivity index is 0.000000793. The Bertz CT molecular complexity index is 645. The van der Waals surface area contributed by atoms with Crippen LogP contribution in [0.1, 0.15) is 13.3 Å². The zero-order chi connectivity index (χ0) is 19.9. The summed E-state index contributed by atoms with van der Waals surface area (Å²) in [7, 11) is 1.00. The average molecular weight is 358 g/mol. The highest BCUT2D eigenvalue weighted by molar-refractivity contribution is 5.90.